The van der Waals surface area contributed by atoms with Gasteiger partial charge in [-0.2, -0.15) is 0 Å². The Morgan fingerprint density at radius 2 is 2.06 bits per heavy atom. The van der Waals surface area contributed by atoms with Crippen molar-refractivity contribution in [2.45, 2.75) is 58.4 Å². The first-order valence-corrected chi connectivity index (χ1v) is 7.40. The van der Waals surface area contributed by atoms with Crippen molar-refractivity contribution in [3.8, 4) is 0 Å². The maximum atomic E-state index is 4.63. The first kappa shape index (κ1) is 13.4. The highest BCUT2D eigenvalue weighted by molar-refractivity contribution is 5.40. The highest BCUT2D eigenvalue weighted by Gasteiger charge is 2.25. The summed E-state index contributed by atoms with van der Waals surface area (Å²) in [6, 6.07) is 5.09. The summed E-state index contributed by atoms with van der Waals surface area (Å²) in [7, 11) is 2.20. The van der Waals surface area contributed by atoms with Crippen molar-refractivity contribution in [3.05, 3.63) is 23.9 Å². The van der Waals surface area contributed by atoms with Gasteiger partial charge in [0.2, 0.25) is 0 Å². The van der Waals surface area contributed by atoms with E-state index in [1.54, 1.807) is 0 Å². The highest BCUT2D eigenvalue weighted by Crippen LogP contribution is 2.29. The Morgan fingerprint density at radius 3 is 2.67 bits per heavy atom. The molecule has 0 saturated heterocycles. The van der Waals surface area contributed by atoms with Gasteiger partial charge in [0.25, 0.3) is 0 Å². The van der Waals surface area contributed by atoms with Gasteiger partial charge in [-0.1, -0.05) is 39.2 Å². The van der Waals surface area contributed by atoms with Crippen LogP contribution < -0.4 is 4.90 Å². The molecule has 100 valence electrons. The van der Waals surface area contributed by atoms with Gasteiger partial charge in [0.15, 0.2) is 0 Å². The molecule has 2 rings (SSSR count). The van der Waals surface area contributed by atoms with E-state index in [0.717, 1.165) is 18.2 Å². The number of hydrogen-bond donors (Lipinski definition) is 0. The van der Waals surface area contributed by atoms with Crippen LogP contribution in [0, 0.1) is 5.92 Å². The third kappa shape index (κ3) is 3.04. The normalized spacial score (nSPS) is 23.9. The van der Waals surface area contributed by atoms with Crippen molar-refractivity contribution in [3.63, 3.8) is 0 Å². The summed E-state index contributed by atoms with van der Waals surface area (Å²) in [5.74, 6) is 1.93. The Labute approximate surface area is 111 Å². The fraction of sp³-hybridized carbons (Fsp3) is 0.688. The molecular weight excluding hydrogens is 220 g/mol. The van der Waals surface area contributed by atoms with E-state index in [2.05, 4.69) is 42.9 Å². The topological polar surface area (TPSA) is 16.1 Å². The number of nitrogens with zero attached hydrogens (tertiary/aromatic N) is 2. The quantitative estimate of drug-likeness (QED) is 0.796. The van der Waals surface area contributed by atoms with E-state index in [9.17, 15) is 0 Å². The van der Waals surface area contributed by atoms with Gasteiger partial charge in [-0.3, -0.25) is 0 Å². The zero-order valence-electron chi connectivity index (χ0n) is 12.0. The molecule has 2 nitrogen and oxygen atoms in total. The molecule has 0 aromatic carbocycles. The minimum atomic E-state index is 0.670. The molecule has 1 aliphatic carbocycles. The molecule has 0 N–H and O–H groups in total. The summed E-state index contributed by atoms with van der Waals surface area (Å²) in [6.07, 6.45) is 9.82. The van der Waals surface area contributed by atoms with Crippen LogP contribution in [0.4, 0.5) is 5.82 Å². The highest BCUT2D eigenvalue weighted by atomic mass is 15.2. The van der Waals surface area contributed by atoms with E-state index in [1.165, 1.54) is 37.7 Å². The lowest BCUT2D eigenvalue weighted by Gasteiger charge is -2.37. The van der Waals surface area contributed by atoms with Crippen LogP contribution >= 0.6 is 0 Å². The summed E-state index contributed by atoms with van der Waals surface area (Å²) in [5.41, 5.74) is 1.35. The first-order valence-electron chi connectivity index (χ1n) is 7.40. The second kappa shape index (κ2) is 6.21. The largest absolute Gasteiger partial charge is 0.356 e. The maximum absolute atomic E-state index is 4.63. The summed E-state index contributed by atoms with van der Waals surface area (Å²) >= 11 is 0. The summed E-state index contributed by atoms with van der Waals surface area (Å²) in [6.45, 7) is 4.59. The summed E-state index contributed by atoms with van der Waals surface area (Å²) < 4.78 is 0. The molecule has 0 radical (unpaired) electrons. The van der Waals surface area contributed by atoms with Gasteiger partial charge in [0.05, 0.1) is 0 Å². The molecule has 0 bridgehead atoms. The molecule has 1 saturated carbocycles. The smallest absolute Gasteiger partial charge is 0.128 e. The van der Waals surface area contributed by atoms with Crippen molar-refractivity contribution >= 4 is 5.82 Å². The van der Waals surface area contributed by atoms with Gasteiger partial charge < -0.3 is 4.90 Å². The second-order valence-electron chi connectivity index (χ2n) is 5.71. The third-order valence-electron chi connectivity index (χ3n) is 4.27. The molecule has 2 heteroatoms. The van der Waals surface area contributed by atoms with Crippen molar-refractivity contribution in [2.75, 3.05) is 11.9 Å². The summed E-state index contributed by atoms with van der Waals surface area (Å²) in [4.78, 5) is 7.02. The van der Waals surface area contributed by atoms with Crippen molar-refractivity contribution in [1.29, 1.82) is 0 Å². The molecule has 2 atom stereocenters. The SMILES string of the molecule is CCCc1ccc(N(C)[C@H]2CCCC[C@@H]2C)nc1. The Morgan fingerprint density at radius 1 is 1.28 bits per heavy atom. The molecule has 1 aliphatic rings. The molecule has 0 amide bonds. The third-order valence-corrected chi connectivity index (χ3v) is 4.27. The van der Waals surface area contributed by atoms with Crippen LogP contribution in [0.5, 0.6) is 0 Å². The molecule has 1 heterocycles. The molecular formula is C16H26N2. The van der Waals surface area contributed by atoms with Gasteiger partial charge in [-0.25, -0.2) is 4.98 Å². The van der Waals surface area contributed by atoms with E-state index in [4.69, 9.17) is 0 Å². The average molecular weight is 246 g/mol. The van der Waals surface area contributed by atoms with Crippen LogP contribution in [-0.4, -0.2) is 18.1 Å². The van der Waals surface area contributed by atoms with E-state index >= 15 is 0 Å². The summed E-state index contributed by atoms with van der Waals surface area (Å²) in [5, 5.41) is 0. The second-order valence-corrected chi connectivity index (χ2v) is 5.71. The van der Waals surface area contributed by atoms with E-state index in [1.807, 2.05) is 6.20 Å². The van der Waals surface area contributed by atoms with Crippen molar-refractivity contribution in [2.24, 2.45) is 5.92 Å². The lowest BCUT2D eigenvalue weighted by atomic mass is 9.85. The average Bonchev–Trinajstić information content (AvgIpc) is 2.40. The van der Waals surface area contributed by atoms with Crippen molar-refractivity contribution < 1.29 is 0 Å². The van der Waals surface area contributed by atoms with Crippen LogP contribution in [0.25, 0.3) is 0 Å². The monoisotopic (exact) mass is 246 g/mol. The minimum absolute atomic E-state index is 0.670. The van der Waals surface area contributed by atoms with Crippen LogP contribution in [0.1, 0.15) is 51.5 Å². The van der Waals surface area contributed by atoms with Crippen LogP contribution in [0.3, 0.4) is 0 Å². The van der Waals surface area contributed by atoms with E-state index < -0.39 is 0 Å². The van der Waals surface area contributed by atoms with Crippen LogP contribution in [0.15, 0.2) is 18.3 Å². The number of anilines is 1. The molecule has 1 fully saturated rings. The number of aromatic nitrogens is 1. The number of rotatable bonds is 4. The van der Waals surface area contributed by atoms with Gasteiger partial charge >= 0.3 is 0 Å². The van der Waals surface area contributed by atoms with Gasteiger partial charge in [-0.05, 0) is 36.8 Å². The Balaban J connectivity index is 2.05. The number of hydrogen-bond acceptors (Lipinski definition) is 2. The molecule has 1 aromatic heterocycles. The van der Waals surface area contributed by atoms with Crippen molar-refractivity contribution in [1.82, 2.24) is 4.98 Å². The lowest BCUT2D eigenvalue weighted by molar-refractivity contribution is 0.320. The number of aryl methyl sites for hydroxylation is 1. The Kier molecular flexibility index (Phi) is 4.62. The lowest BCUT2D eigenvalue weighted by Crippen LogP contribution is -2.39. The van der Waals surface area contributed by atoms with E-state index in [0.29, 0.717) is 6.04 Å². The van der Waals surface area contributed by atoms with Crippen LogP contribution in [-0.2, 0) is 6.42 Å². The molecule has 18 heavy (non-hydrogen) atoms. The molecule has 0 aliphatic heterocycles. The standard InChI is InChI=1S/C16H26N2/c1-4-7-14-10-11-16(17-12-14)18(3)15-9-6-5-8-13(15)2/h10-13,15H,4-9H2,1-3H3/t13-,15-/m0/s1. The fourth-order valence-electron chi connectivity index (χ4n) is 3.10. The minimum Gasteiger partial charge on any atom is -0.356 e. The fourth-order valence-corrected chi connectivity index (χ4v) is 3.10. The zero-order chi connectivity index (χ0) is 13.0. The van der Waals surface area contributed by atoms with Gasteiger partial charge in [0.1, 0.15) is 5.82 Å². The molecule has 0 spiro atoms. The predicted octanol–water partition coefficient (Wildman–Crippen LogP) is 4.05. The first-order chi connectivity index (χ1) is 8.72. The maximum Gasteiger partial charge on any atom is 0.128 e. The Bertz CT molecular complexity index is 358. The molecule has 0 unspecified atom stereocenters. The van der Waals surface area contributed by atoms with E-state index in [-0.39, 0.29) is 0 Å². The van der Waals surface area contributed by atoms with Crippen LogP contribution in [0.2, 0.25) is 0 Å². The molecule has 1 aromatic rings. The predicted molar refractivity (Wildman–Crippen MR) is 78.1 cm³/mol. The Hall–Kier alpha value is -1.05. The zero-order valence-corrected chi connectivity index (χ0v) is 12.0. The van der Waals surface area contributed by atoms with Gasteiger partial charge in [0, 0.05) is 19.3 Å². The van der Waals surface area contributed by atoms with Gasteiger partial charge in [-0.15, -0.1) is 0 Å². The number of pyridine rings is 1.